The third kappa shape index (κ3) is 2.38. The Balaban J connectivity index is 1.74. The van der Waals surface area contributed by atoms with Crippen LogP contribution in [0, 0.1) is 6.92 Å². The summed E-state index contributed by atoms with van der Waals surface area (Å²) in [7, 11) is 1.57. The van der Waals surface area contributed by atoms with Crippen molar-refractivity contribution in [2.45, 2.75) is 13.6 Å². The topological polar surface area (TPSA) is 84.6 Å². The van der Waals surface area contributed by atoms with Gasteiger partial charge in [0.2, 0.25) is 6.79 Å². The lowest BCUT2D eigenvalue weighted by molar-refractivity contribution is 0.104. The molecule has 0 saturated carbocycles. The Morgan fingerprint density at radius 3 is 2.55 bits per heavy atom. The predicted octanol–water partition coefficient (Wildman–Crippen LogP) is 2.96. The third-order valence-electron chi connectivity index (χ3n) is 5.89. The zero-order valence-corrected chi connectivity index (χ0v) is 16.8. The van der Waals surface area contributed by atoms with E-state index in [1.54, 1.807) is 59.2 Å². The first kappa shape index (κ1) is 17.8. The molecule has 1 aliphatic carbocycles. The number of aromatic nitrogens is 3. The Hall–Kier alpha value is -4.07. The highest BCUT2D eigenvalue weighted by Gasteiger charge is 2.35. The van der Waals surface area contributed by atoms with Gasteiger partial charge in [-0.3, -0.25) is 14.2 Å². The van der Waals surface area contributed by atoms with Gasteiger partial charge in [-0.15, -0.1) is 0 Å². The van der Waals surface area contributed by atoms with E-state index in [1.165, 1.54) is 0 Å². The highest BCUT2D eigenvalue weighted by molar-refractivity contribution is 6.27. The lowest BCUT2D eigenvalue weighted by atomic mass is 10.0. The van der Waals surface area contributed by atoms with Crippen molar-refractivity contribution < 1.29 is 19.0 Å². The van der Waals surface area contributed by atoms with Gasteiger partial charge < -0.3 is 18.8 Å². The zero-order chi connectivity index (χ0) is 21.3. The molecule has 8 heteroatoms. The first-order valence-corrected chi connectivity index (χ1v) is 9.76. The van der Waals surface area contributed by atoms with E-state index >= 15 is 0 Å². The molecule has 8 nitrogen and oxygen atoms in total. The summed E-state index contributed by atoms with van der Waals surface area (Å²) >= 11 is 0. The number of ether oxygens (including phenoxy) is 3. The van der Waals surface area contributed by atoms with Crippen LogP contribution in [0.4, 0.5) is 0 Å². The second kappa shape index (κ2) is 6.21. The molecule has 154 valence electrons. The number of aryl methyl sites for hydroxylation is 1. The second-order valence-corrected chi connectivity index (χ2v) is 7.62. The number of carbonyl (C=O) groups is 1. The fourth-order valence-electron chi connectivity index (χ4n) is 4.44. The molecule has 0 amide bonds. The van der Waals surface area contributed by atoms with E-state index in [0.717, 1.165) is 5.56 Å². The van der Waals surface area contributed by atoms with Gasteiger partial charge in [0.25, 0.3) is 5.56 Å². The summed E-state index contributed by atoms with van der Waals surface area (Å²) in [5.74, 6) is 1.56. The van der Waals surface area contributed by atoms with E-state index in [1.807, 2.05) is 6.92 Å². The van der Waals surface area contributed by atoms with Crippen LogP contribution in [0.5, 0.6) is 17.2 Å². The van der Waals surface area contributed by atoms with Crippen LogP contribution in [0.15, 0.2) is 47.8 Å². The van der Waals surface area contributed by atoms with E-state index in [0.29, 0.717) is 50.4 Å². The third-order valence-corrected chi connectivity index (χ3v) is 5.89. The first-order valence-electron chi connectivity index (χ1n) is 9.76. The lowest BCUT2D eigenvalue weighted by Gasteiger charge is -2.17. The van der Waals surface area contributed by atoms with Crippen molar-refractivity contribution in [1.82, 2.24) is 14.1 Å². The molecule has 1 aliphatic heterocycles. The van der Waals surface area contributed by atoms with Gasteiger partial charge in [0.05, 0.1) is 24.7 Å². The number of rotatable bonds is 3. The predicted molar refractivity (Wildman–Crippen MR) is 112 cm³/mol. The van der Waals surface area contributed by atoms with Gasteiger partial charge >= 0.3 is 0 Å². The molecule has 6 rings (SSSR count). The molecule has 2 aromatic carbocycles. The fraction of sp³-hybridized carbons (Fsp3) is 0.174. The zero-order valence-electron chi connectivity index (χ0n) is 16.8. The van der Waals surface area contributed by atoms with Crippen molar-refractivity contribution in [3.8, 4) is 28.5 Å². The van der Waals surface area contributed by atoms with Gasteiger partial charge in [-0.05, 0) is 36.8 Å². The standard InChI is InChI=1S/C23H17N3O5/c1-12-5-16-13(6-17(12)29-2)20-21(26(23(16)28)10-25-4-3-24-9-25)14-7-18-19(31-11-30-18)8-15(14)22(20)27/h3-9H,10-11H2,1-2H3. The number of methoxy groups -OCH3 is 1. The number of ketones is 1. The normalized spacial score (nSPS) is 13.5. The monoisotopic (exact) mass is 415 g/mol. The number of hydrogen-bond acceptors (Lipinski definition) is 6. The molecule has 0 saturated heterocycles. The number of hydrogen-bond donors (Lipinski definition) is 0. The molecule has 0 spiro atoms. The summed E-state index contributed by atoms with van der Waals surface area (Å²) in [5.41, 5.74) is 2.83. The molecule has 0 N–H and O–H groups in total. The van der Waals surface area contributed by atoms with E-state index < -0.39 is 0 Å². The minimum absolute atomic E-state index is 0.106. The maximum atomic E-state index is 13.6. The van der Waals surface area contributed by atoms with Gasteiger partial charge in [0, 0.05) is 34.3 Å². The summed E-state index contributed by atoms with van der Waals surface area (Å²) in [6.45, 7) is 2.21. The van der Waals surface area contributed by atoms with Crippen LogP contribution >= 0.6 is 0 Å². The number of pyridine rings is 1. The molecule has 0 bridgehead atoms. The van der Waals surface area contributed by atoms with Gasteiger partial charge in [0.1, 0.15) is 12.4 Å². The molecule has 3 heterocycles. The van der Waals surface area contributed by atoms with Crippen molar-refractivity contribution in [3.05, 3.63) is 70.0 Å². The Morgan fingerprint density at radius 2 is 1.84 bits per heavy atom. The van der Waals surface area contributed by atoms with Crippen LogP contribution in [0.2, 0.25) is 0 Å². The Labute approximate surface area is 176 Å². The fourth-order valence-corrected chi connectivity index (χ4v) is 4.44. The van der Waals surface area contributed by atoms with Gasteiger partial charge in [0.15, 0.2) is 17.3 Å². The molecule has 4 aromatic rings. The van der Waals surface area contributed by atoms with Crippen LogP contribution in [-0.2, 0) is 6.67 Å². The maximum Gasteiger partial charge on any atom is 0.260 e. The van der Waals surface area contributed by atoms with Crippen LogP contribution in [-0.4, -0.2) is 33.8 Å². The summed E-state index contributed by atoms with van der Waals surface area (Å²) < 4.78 is 19.9. The van der Waals surface area contributed by atoms with Gasteiger partial charge in [-0.1, -0.05) is 0 Å². The summed E-state index contributed by atoms with van der Waals surface area (Å²) in [6.07, 6.45) is 5.07. The molecule has 0 fully saturated rings. The highest BCUT2D eigenvalue weighted by Crippen LogP contribution is 2.46. The van der Waals surface area contributed by atoms with Crippen molar-refractivity contribution in [1.29, 1.82) is 0 Å². The Bertz CT molecular complexity index is 1470. The maximum absolute atomic E-state index is 13.6. The number of fused-ring (bicyclic) bond motifs is 6. The smallest absolute Gasteiger partial charge is 0.260 e. The molecule has 0 unspecified atom stereocenters. The average molecular weight is 415 g/mol. The molecular weight excluding hydrogens is 398 g/mol. The lowest BCUT2D eigenvalue weighted by Crippen LogP contribution is -2.26. The second-order valence-electron chi connectivity index (χ2n) is 7.62. The number of carbonyl (C=O) groups excluding carboxylic acids is 1. The van der Waals surface area contributed by atoms with Crippen molar-refractivity contribution in [3.63, 3.8) is 0 Å². The van der Waals surface area contributed by atoms with E-state index in [9.17, 15) is 9.59 Å². The number of benzene rings is 2. The molecular formula is C23H17N3O5. The first-order chi connectivity index (χ1) is 15.1. The van der Waals surface area contributed by atoms with Crippen LogP contribution in [0.1, 0.15) is 21.5 Å². The van der Waals surface area contributed by atoms with Crippen molar-refractivity contribution in [2.24, 2.45) is 0 Å². The van der Waals surface area contributed by atoms with Crippen LogP contribution < -0.4 is 19.8 Å². The minimum atomic E-state index is -0.188. The van der Waals surface area contributed by atoms with E-state index in [-0.39, 0.29) is 24.8 Å². The summed E-state index contributed by atoms with van der Waals surface area (Å²) in [5, 5.41) is 1.05. The quantitative estimate of drug-likeness (QED) is 0.451. The van der Waals surface area contributed by atoms with Gasteiger partial charge in [-0.2, -0.15) is 0 Å². The molecule has 0 radical (unpaired) electrons. The molecule has 2 aromatic heterocycles. The van der Waals surface area contributed by atoms with Crippen molar-refractivity contribution >= 4 is 16.6 Å². The van der Waals surface area contributed by atoms with E-state index in [2.05, 4.69) is 4.98 Å². The largest absolute Gasteiger partial charge is 0.496 e. The minimum Gasteiger partial charge on any atom is -0.496 e. The summed E-state index contributed by atoms with van der Waals surface area (Å²) in [6, 6.07) is 7.03. The Kier molecular flexibility index (Phi) is 3.56. The summed E-state index contributed by atoms with van der Waals surface area (Å²) in [4.78, 5) is 31.3. The van der Waals surface area contributed by atoms with Crippen molar-refractivity contribution in [2.75, 3.05) is 13.9 Å². The van der Waals surface area contributed by atoms with Crippen LogP contribution in [0.25, 0.3) is 22.0 Å². The average Bonchev–Trinajstić information content (AvgIpc) is 3.50. The Morgan fingerprint density at radius 1 is 1.06 bits per heavy atom. The van der Waals surface area contributed by atoms with Crippen LogP contribution in [0.3, 0.4) is 0 Å². The molecule has 0 atom stereocenters. The van der Waals surface area contributed by atoms with E-state index in [4.69, 9.17) is 14.2 Å². The highest BCUT2D eigenvalue weighted by atomic mass is 16.7. The molecule has 31 heavy (non-hydrogen) atoms. The molecule has 2 aliphatic rings. The number of imidazole rings is 1. The SMILES string of the molecule is COc1cc2c3c(n(Cn4ccnc4)c(=O)c2cc1C)-c1cc2c(cc1C3=O)OCO2. The van der Waals surface area contributed by atoms with Gasteiger partial charge in [-0.25, -0.2) is 4.98 Å². The number of nitrogens with zero attached hydrogens (tertiary/aromatic N) is 3.